The summed E-state index contributed by atoms with van der Waals surface area (Å²) in [6, 6.07) is 8.24. The van der Waals surface area contributed by atoms with Gasteiger partial charge in [0.05, 0.1) is 18.8 Å². The van der Waals surface area contributed by atoms with Crippen LogP contribution in [-0.2, 0) is 15.1 Å². The van der Waals surface area contributed by atoms with E-state index in [9.17, 15) is 4.79 Å². The highest BCUT2D eigenvalue weighted by Gasteiger charge is 2.45. The van der Waals surface area contributed by atoms with Crippen LogP contribution in [0.4, 0.5) is 0 Å². The van der Waals surface area contributed by atoms with Crippen LogP contribution >= 0.6 is 11.8 Å². The van der Waals surface area contributed by atoms with Gasteiger partial charge in [-0.05, 0) is 45.8 Å². The molecular formula is C21H32N2O3S. The Morgan fingerprint density at radius 1 is 1.30 bits per heavy atom. The van der Waals surface area contributed by atoms with Gasteiger partial charge in [0.25, 0.3) is 0 Å². The number of ether oxygens (including phenoxy) is 2. The molecule has 1 heterocycles. The van der Waals surface area contributed by atoms with Gasteiger partial charge >= 0.3 is 5.97 Å². The number of thioether (sulfide) groups is 1. The molecule has 0 N–H and O–H groups in total. The van der Waals surface area contributed by atoms with Gasteiger partial charge in [-0.2, -0.15) is 0 Å². The molecule has 0 saturated heterocycles. The lowest BCUT2D eigenvalue weighted by Gasteiger charge is -2.27. The molecule has 0 saturated carbocycles. The normalized spacial score (nSPS) is 20.0. The summed E-state index contributed by atoms with van der Waals surface area (Å²) in [5.74, 6) is 0.962. The number of aliphatic imine (C=N–C) groups is 1. The van der Waals surface area contributed by atoms with Gasteiger partial charge in [0.15, 0.2) is 5.54 Å². The maximum Gasteiger partial charge on any atom is 0.339 e. The summed E-state index contributed by atoms with van der Waals surface area (Å²) in [6.45, 7) is 11.6. The van der Waals surface area contributed by atoms with Gasteiger partial charge in [0.1, 0.15) is 5.75 Å². The first-order valence-corrected chi connectivity index (χ1v) is 10.9. The second-order valence-electron chi connectivity index (χ2n) is 6.68. The molecule has 5 nitrogen and oxygen atoms in total. The van der Waals surface area contributed by atoms with Crippen LogP contribution < -0.4 is 4.74 Å². The van der Waals surface area contributed by atoms with Crippen LogP contribution in [0.15, 0.2) is 29.3 Å². The Morgan fingerprint density at radius 2 is 2.04 bits per heavy atom. The number of carbonyl (C=O) groups is 1. The Labute approximate surface area is 167 Å². The SMILES string of the molecule is CCOC(=O)C1(c2ccccc2OCCCC(C)N(CC)CC)CSC=N1. The Morgan fingerprint density at radius 3 is 2.67 bits per heavy atom. The van der Waals surface area contributed by atoms with Crippen LogP contribution in [-0.4, -0.2) is 54.5 Å². The van der Waals surface area contributed by atoms with E-state index in [1.165, 1.54) is 11.8 Å². The van der Waals surface area contributed by atoms with Gasteiger partial charge in [-0.1, -0.05) is 32.0 Å². The molecule has 1 aromatic carbocycles. The van der Waals surface area contributed by atoms with Gasteiger partial charge < -0.3 is 14.4 Å². The van der Waals surface area contributed by atoms with Gasteiger partial charge in [0.2, 0.25) is 0 Å². The summed E-state index contributed by atoms with van der Waals surface area (Å²) in [6.07, 6.45) is 2.05. The Bertz CT molecular complexity index is 634. The fraction of sp³-hybridized carbons (Fsp3) is 0.619. The van der Waals surface area contributed by atoms with Crippen molar-refractivity contribution in [3.05, 3.63) is 29.8 Å². The monoisotopic (exact) mass is 392 g/mol. The number of para-hydroxylation sites is 1. The highest BCUT2D eigenvalue weighted by atomic mass is 32.2. The van der Waals surface area contributed by atoms with Gasteiger partial charge in [0, 0.05) is 17.4 Å². The lowest BCUT2D eigenvalue weighted by atomic mass is 9.91. The second-order valence-corrected chi connectivity index (χ2v) is 7.52. The summed E-state index contributed by atoms with van der Waals surface area (Å²) in [5, 5.41) is 0. The first-order chi connectivity index (χ1) is 13.1. The van der Waals surface area contributed by atoms with Crippen molar-refractivity contribution in [1.82, 2.24) is 4.90 Å². The fourth-order valence-corrected chi connectivity index (χ4v) is 4.38. The molecule has 0 radical (unpaired) electrons. The fourth-order valence-electron chi connectivity index (χ4n) is 3.47. The quantitative estimate of drug-likeness (QED) is 0.419. The van der Waals surface area contributed by atoms with Gasteiger partial charge in [-0.3, -0.25) is 4.99 Å². The summed E-state index contributed by atoms with van der Waals surface area (Å²) >= 11 is 1.53. The first-order valence-electron chi connectivity index (χ1n) is 9.87. The highest BCUT2D eigenvalue weighted by molar-refractivity contribution is 8.12. The van der Waals surface area contributed by atoms with Crippen molar-refractivity contribution >= 4 is 23.3 Å². The van der Waals surface area contributed by atoms with E-state index in [1.54, 1.807) is 5.55 Å². The van der Waals surface area contributed by atoms with Crippen LogP contribution in [0.25, 0.3) is 0 Å². The molecule has 0 spiro atoms. The molecule has 0 fully saturated rings. The maximum absolute atomic E-state index is 12.7. The summed E-state index contributed by atoms with van der Waals surface area (Å²) in [4.78, 5) is 19.6. The van der Waals surface area contributed by atoms with Crippen molar-refractivity contribution in [3.63, 3.8) is 0 Å². The van der Waals surface area contributed by atoms with E-state index in [0.717, 1.165) is 37.2 Å². The zero-order valence-corrected chi connectivity index (χ0v) is 17.8. The predicted octanol–water partition coefficient (Wildman–Crippen LogP) is 4.11. The largest absolute Gasteiger partial charge is 0.493 e. The number of esters is 1. The molecule has 27 heavy (non-hydrogen) atoms. The van der Waals surface area contributed by atoms with Gasteiger partial charge in [-0.15, -0.1) is 11.8 Å². The maximum atomic E-state index is 12.7. The lowest BCUT2D eigenvalue weighted by Crippen LogP contribution is -2.37. The van der Waals surface area contributed by atoms with E-state index >= 15 is 0 Å². The zero-order valence-electron chi connectivity index (χ0n) is 16.9. The number of hydrogen-bond donors (Lipinski definition) is 0. The third-order valence-electron chi connectivity index (χ3n) is 5.05. The van der Waals surface area contributed by atoms with Crippen LogP contribution in [0, 0.1) is 0 Å². The molecule has 0 amide bonds. The topological polar surface area (TPSA) is 51.1 Å². The molecule has 2 atom stereocenters. The number of nitrogens with zero attached hydrogens (tertiary/aromatic N) is 2. The van der Waals surface area contributed by atoms with E-state index in [1.807, 2.05) is 31.2 Å². The van der Waals surface area contributed by atoms with Crippen LogP contribution in [0.5, 0.6) is 5.75 Å². The molecule has 0 aliphatic carbocycles. The van der Waals surface area contributed by atoms with E-state index in [2.05, 4.69) is 30.7 Å². The minimum Gasteiger partial charge on any atom is -0.493 e. The minimum absolute atomic E-state index is 0.308. The van der Waals surface area contributed by atoms with E-state index in [-0.39, 0.29) is 5.97 Å². The molecular weight excluding hydrogens is 360 g/mol. The Hall–Kier alpha value is -1.53. The van der Waals surface area contributed by atoms with Crippen molar-refractivity contribution in [3.8, 4) is 5.75 Å². The Kier molecular flexibility index (Phi) is 8.64. The first kappa shape index (κ1) is 21.8. The van der Waals surface area contributed by atoms with E-state index in [0.29, 0.717) is 25.0 Å². The van der Waals surface area contributed by atoms with Crippen LogP contribution in [0.2, 0.25) is 0 Å². The number of rotatable bonds is 11. The number of benzene rings is 1. The van der Waals surface area contributed by atoms with E-state index < -0.39 is 5.54 Å². The molecule has 0 bridgehead atoms. The van der Waals surface area contributed by atoms with Gasteiger partial charge in [-0.25, -0.2) is 4.79 Å². The molecule has 0 aromatic heterocycles. The third kappa shape index (κ3) is 5.26. The van der Waals surface area contributed by atoms with E-state index in [4.69, 9.17) is 9.47 Å². The Balaban J connectivity index is 2.05. The number of hydrogen-bond acceptors (Lipinski definition) is 6. The minimum atomic E-state index is -0.994. The summed E-state index contributed by atoms with van der Waals surface area (Å²) < 4.78 is 11.4. The van der Waals surface area contributed by atoms with Crippen molar-refractivity contribution < 1.29 is 14.3 Å². The van der Waals surface area contributed by atoms with Crippen molar-refractivity contribution in [2.24, 2.45) is 4.99 Å². The molecule has 2 rings (SSSR count). The summed E-state index contributed by atoms with van der Waals surface area (Å²) in [7, 11) is 0. The summed E-state index contributed by atoms with van der Waals surface area (Å²) in [5.41, 5.74) is 1.53. The average Bonchev–Trinajstić information content (AvgIpc) is 3.18. The van der Waals surface area contributed by atoms with Crippen molar-refractivity contribution in [2.45, 2.75) is 52.1 Å². The molecule has 150 valence electrons. The molecule has 2 unspecified atom stereocenters. The number of carbonyl (C=O) groups excluding carboxylic acids is 1. The van der Waals surface area contributed by atoms with Crippen molar-refractivity contribution in [1.29, 1.82) is 0 Å². The van der Waals surface area contributed by atoms with Crippen molar-refractivity contribution in [2.75, 3.05) is 32.1 Å². The zero-order chi connectivity index (χ0) is 19.7. The van der Waals surface area contributed by atoms with Crippen LogP contribution in [0.1, 0.15) is 46.1 Å². The molecule has 1 aromatic rings. The molecule has 6 heteroatoms. The third-order valence-corrected chi connectivity index (χ3v) is 5.88. The lowest BCUT2D eigenvalue weighted by molar-refractivity contribution is -0.148. The second kappa shape index (κ2) is 10.7. The predicted molar refractivity (Wildman–Crippen MR) is 113 cm³/mol. The smallest absolute Gasteiger partial charge is 0.339 e. The van der Waals surface area contributed by atoms with Crippen LogP contribution in [0.3, 0.4) is 0 Å². The highest BCUT2D eigenvalue weighted by Crippen LogP contribution is 2.40. The molecule has 1 aliphatic heterocycles. The standard InChI is InChI=1S/C21H32N2O3S/c1-5-23(6-2)17(4)11-10-14-26-19-13-9-8-12-18(19)21(15-27-16-22-21)20(24)25-7-3/h8-9,12-13,16-17H,5-7,10-11,14-15H2,1-4H3. The molecule has 1 aliphatic rings. The average molecular weight is 393 g/mol.